The summed E-state index contributed by atoms with van der Waals surface area (Å²) in [6.45, 7) is 3.16. The van der Waals surface area contributed by atoms with E-state index in [2.05, 4.69) is 28.5 Å². The Morgan fingerprint density at radius 1 is 1.38 bits per heavy atom. The molecule has 2 aromatic rings. The largest absolute Gasteiger partial charge is 0.392 e. The van der Waals surface area contributed by atoms with Gasteiger partial charge in [0.1, 0.15) is 0 Å². The van der Waals surface area contributed by atoms with Gasteiger partial charge in [-0.25, -0.2) is 0 Å². The molecule has 0 aliphatic carbocycles. The lowest BCUT2D eigenvalue weighted by Crippen LogP contribution is -2.23. The second kappa shape index (κ2) is 5.05. The minimum atomic E-state index is -0.304. The Bertz CT molecular complexity index is 468. The first-order valence-corrected chi connectivity index (χ1v) is 5.48. The van der Waals surface area contributed by atoms with Crippen LogP contribution in [0.25, 0.3) is 10.9 Å². The van der Waals surface area contributed by atoms with Crippen molar-refractivity contribution < 1.29 is 5.11 Å². The van der Waals surface area contributed by atoms with Crippen molar-refractivity contribution in [3.05, 3.63) is 42.1 Å². The maximum Gasteiger partial charge on any atom is 0.0702 e. The van der Waals surface area contributed by atoms with Crippen LogP contribution in [0.15, 0.2) is 36.5 Å². The first kappa shape index (κ1) is 11.0. The molecule has 0 spiro atoms. The minimum absolute atomic E-state index is 0.304. The Morgan fingerprint density at radius 3 is 3.06 bits per heavy atom. The lowest BCUT2D eigenvalue weighted by Gasteiger charge is -2.07. The summed E-state index contributed by atoms with van der Waals surface area (Å²) in [5.41, 5.74) is 2.22. The van der Waals surface area contributed by atoms with Crippen molar-refractivity contribution >= 4 is 10.9 Å². The van der Waals surface area contributed by atoms with Crippen molar-refractivity contribution in [1.82, 2.24) is 10.3 Å². The molecule has 1 unspecified atom stereocenters. The molecule has 0 bridgehead atoms. The maximum atomic E-state index is 9.13. The summed E-state index contributed by atoms with van der Waals surface area (Å²) in [5.74, 6) is 0. The van der Waals surface area contributed by atoms with Gasteiger partial charge in [0.05, 0.1) is 11.6 Å². The molecule has 2 rings (SSSR count). The van der Waals surface area contributed by atoms with E-state index in [1.165, 1.54) is 5.56 Å². The van der Waals surface area contributed by atoms with Crippen LogP contribution < -0.4 is 5.32 Å². The van der Waals surface area contributed by atoms with Crippen LogP contribution >= 0.6 is 0 Å². The molecule has 0 amide bonds. The molecule has 1 aromatic carbocycles. The second-order valence-electron chi connectivity index (χ2n) is 4.01. The van der Waals surface area contributed by atoms with Gasteiger partial charge in [0.2, 0.25) is 0 Å². The number of nitrogens with one attached hydrogen (secondary N) is 1. The lowest BCUT2D eigenvalue weighted by molar-refractivity contribution is 0.191. The molecule has 0 saturated carbocycles. The fourth-order valence-electron chi connectivity index (χ4n) is 1.66. The van der Waals surface area contributed by atoms with E-state index in [1.807, 2.05) is 12.1 Å². The molecule has 1 aromatic heterocycles. The van der Waals surface area contributed by atoms with Crippen LogP contribution in [0.3, 0.4) is 0 Å². The van der Waals surface area contributed by atoms with Crippen molar-refractivity contribution in [3.8, 4) is 0 Å². The molecular formula is C13H16N2O. The molecule has 3 nitrogen and oxygen atoms in total. The van der Waals surface area contributed by atoms with E-state index in [0.29, 0.717) is 6.54 Å². The number of nitrogens with zero attached hydrogens (tertiary/aromatic N) is 1. The van der Waals surface area contributed by atoms with Crippen molar-refractivity contribution in [2.75, 3.05) is 6.54 Å². The van der Waals surface area contributed by atoms with Gasteiger partial charge in [-0.15, -0.1) is 0 Å². The molecule has 3 heteroatoms. The normalized spacial score (nSPS) is 12.9. The number of rotatable bonds is 4. The monoisotopic (exact) mass is 216 g/mol. The summed E-state index contributed by atoms with van der Waals surface area (Å²) in [6, 6.07) is 10.2. The molecule has 0 aliphatic rings. The standard InChI is InChI=1S/C13H16N2O/c1-10(16)8-14-9-11-4-5-13-12(7-11)3-2-6-15-13/h2-7,10,14,16H,8-9H2,1H3. The van der Waals surface area contributed by atoms with E-state index in [1.54, 1.807) is 13.1 Å². The number of benzene rings is 1. The van der Waals surface area contributed by atoms with E-state index < -0.39 is 0 Å². The summed E-state index contributed by atoms with van der Waals surface area (Å²) in [7, 11) is 0. The van der Waals surface area contributed by atoms with E-state index in [4.69, 9.17) is 5.11 Å². The molecule has 0 saturated heterocycles. The average molecular weight is 216 g/mol. The van der Waals surface area contributed by atoms with Crippen LogP contribution in [-0.2, 0) is 6.54 Å². The molecule has 0 radical (unpaired) electrons. The molecule has 84 valence electrons. The quantitative estimate of drug-likeness (QED) is 0.817. The van der Waals surface area contributed by atoms with Crippen molar-refractivity contribution in [2.24, 2.45) is 0 Å². The third kappa shape index (κ3) is 2.78. The predicted molar refractivity (Wildman–Crippen MR) is 65.1 cm³/mol. The van der Waals surface area contributed by atoms with Gasteiger partial charge in [-0.3, -0.25) is 4.98 Å². The van der Waals surface area contributed by atoms with Gasteiger partial charge in [0, 0.05) is 24.7 Å². The van der Waals surface area contributed by atoms with Crippen LogP contribution in [0.1, 0.15) is 12.5 Å². The van der Waals surface area contributed by atoms with Crippen molar-refractivity contribution in [3.63, 3.8) is 0 Å². The van der Waals surface area contributed by atoms with Crippen LogP contribution in [-0.4, -0.2) is 22.7 Å². The van der Waals surface area contributed by atoms with E-state index in [0.717, 1.165) is 17.4 Å². The summed E-state index contributed by atoms with van der Waals surface area (Å²) in [5, 5.41) is 13.5. The molecular weight excluding hydrogens is 200 g/mol. The molecule has 16 heavy (non-hydrogen) atoms. The topological polar surface area (TPSA) is 45.1 Å². The fraction of sp³-hybridized carbons (Fsp3) is 0.308. The molecule has 0 fully saturated rings. The third-order valence-corrected chi connectivity index (χ3v) is 2.44. The molecule has 1 heterocycles. The molecule has 2 N–H and O–H groups in total. The number of hydrogen-bond acceptors (Lipinski definition) is 3. The maximum absolute atomic E-state index is 9.13. The highest BCUT2D eigenvalue weighted by atomic mass is 16.3. The van der Waals surface area contributed by atoms with Gasteiger partial charge in [-0.2, -0.15) is 0 Å². The van der Waals surface area contributed by atoms with Gasteiger partial charge < -0.3 is 10.4 Å². The van der Waals surface area contributed by atoms with E-state index in [9.17, 15) is 0 Å². The highest BCUT2D eigenvalue weighted by Gasteiger charge is 1.98. The van der Waals surface area contributed by atoms with E-state index >= 15 is 0 Å². The highest BCUT2D eigenvalue weighted by Crippen LogP contribution is 2.12. The Morgan fingerprint density at radius 2 is 2.25 bits per heavy atom. The Labute approximate surface area is 95.1 Å². The number of fused-ring (bicyclic) bond motifs is 1. The van der Waals surface area contributed by atoms with Crippen LogP contribution in [0.2, 0.25) is 0 Å². The lowest BCUT2D eigenvalue weighted by atomic mass is 10.1. The van der Waals surface area contributed by atoms with Gasteiger partial charge in [-0.05, 0) is 30.7 Å². The average Bonchev–Trinajstić information content (AvgIpc) is 2.28. The van der Waals surface area contributed by atoms with Crippen molar-refractivity contribution in [2.45, 2.75) is 19.6 Å². The fourth-order valence-corrected chi connectivity index (χ4v) is 1.66. The van der Waals surface area contributed by atoms with Gasteiger partial charge in [-0.1, -0.05) is 12.1 Å². The molecule has 0 aliphatic heterocycles. The summed E-state index contributed by atoms with van der Waals surface area (Å²) < 4.78 is 0. The Hall–Kier alpha value is -1.45. The highest BCUT2D eigenvalue weighted by molar-refractivity contribution is 5.78. The van der Waals surface area contributed by atoms with E-state index in [-0.39, 0.29) is 6.10 Å². The first-order valence-electron chi connectivity index (χ1n) is 5.48. The third-order valence-electron chi connectivity index (χ3n) is 2.44. The van der Waals surface area contributed by atoms with Crippen LogP contribution in [0.5, 0.6) is 0 Å². The van der Waals surface area contributed by atoms with Crippen LogP contribution in [0, 0.1) is 0 Å². The Balaban J connectivity index is 2.08. The summed E-state index contributed by atoms with van der Waals surface area (Å²) >= 11 is 0. The smallest absolute Gasteiger partial charge is 0.0702 e. The number of aromatic nitrogens is 1. The van der Waals surface area contributed by atoms with Gasteiger partial charge in [0.15, 0.2) is 0 Å². The summed E-state index contributed by atoms with van der Waals surface area (Å²) in [4.78, 5) is 4.27. The number of pyridine rings is 1. The zero-order valence-corrected chi connectivity index (χ0v) is 9.35. The predicted octanol–water partition coefficient (Wildman–Crippen LogP) is 1.71. The van der Waals surface area contributed by atoms with Gasteiger partial charge >= 0.3 is 0 Å². The van der Waals surface area contributed by atoms with Gasteiger partial charge in [0.25, 0.3) is 0 Å². The second-order valence-corrected chi connectivity index (χ2v) is 4.01. The zero-order chi connectivity index (χ0) is 11.4. The number of aliphatic hydroxyl groups excluding tert-OH is 1. The number of aliphatic hydroxyl groups is 1. The SMILES string of the molecule is CC(O)CNCc1ccc2ncccc2c1. The first-order chi connectivity index (χ1) is 7.75. The number of hydrogen-bond donors (Lipinski definition) is 2. The zero-order valence-electron chi connectivity index (χ0n) is 9.35. The minimum Gasteiger partial charge on any atom is -0.392 e. The molecule has 1 atom stereocenters. The Kier molecular flexibility index (Phi) is 3.49. The van der Waals surface area contributed by atoms with Crippen LogP contribution in [0.4, 0.5) is 0 Å². The van der Waals surface area contributed by atoms with Crippen molar-refractivity contribution in [1.29, 1.82) is 0 Å². The summed E-state index contributed by atoms with van der Waals surface area (Å²) in [6.07, 6.45) is 1.50.